The molecule has 1 aromatic heterocycles. The average molecular weight is 341 g/mol. The topological polar surface area (TPSA) is 57.4 Å². The van der Waals surface area contributed by atoms with Crippen molar-refractivity contribution in [1.29, 1.82) is 0 Å². The Morgan fingerprint density at radius 3 is 2.90 bits per heavy atom. The van der Waals surface area contributed by atoms with Crippen molar-refractivity contribution >= 4 is 15.9 Å². The summed E-state index contributed by atoms with van der Waals surface area (Å²) >= 11 is 3.56. The summed E-state index contributed by atoms with van der Waals surface area (Å²) < 4.78 is 12.6. The van der Waals surface area contributed by atoms with E-state index in [0.717, 1.165) is 55.7 Å². The van der Waals surface area contributed by atoms with Gasteiger partial charge in [0.1, 0.15) is 0 Å². The molecule has 2 aliphatic heterocycles. The molecule has 1 aromatic rings. The fourth-order valence-corrected chi connectivity index (χ4v) is 3.85. The smallest absolute Gasteiger partial charge is 0.0729 e. The van der Waals surface area contributed by atoms with Gasteiger partial charge in [0, 0.05) is 30.5 Å². The SMILES string of the molecule is NC(c1ncccc1Br)C1CCOC2(CCOCC2)C1. The number of halogens is 1. The van der Waals surface area contributed by atoms with Crippen molar-refractivity contribution in [3.8, 4) is 0 Å². The summed E-state index contributed by atoms with van der Waals surface area (Å²) in [5.74, 6) is 0.424. The summed E-state index contributed by atoms with van der Waals surface area (Å²) in [7, 11) is 0. The number of nitrogens with two attached hydrogens (primary N) is 1. The molecule has 0 saturated carbocycles. The van der Waals surface area contributed by atoms with Crippen LogP contribution in [0, 0.1) is 5.92 Å². The Labute approximate surface area is 128 Å². The van der Waals surface area contributed by atoms with E-state index < -0.39 is 0 Å². The highest BCUT2D eigenvalue weighted by Gasteiger charge is 2.41. The first-order chi connectivity index (χ1) is 9.70. The molecule has 20 heavy (non-hydrogen) atoms. The van der Waals surface area contributed by atoms with Gasteiger partial charge >= 0.3 is 0 Å². The third kappa shape index (κ3) is 2.91. The first-order valence-electron chi connectivity index (χ1n) is 7.28. The molecule has 3 heterocycles. The highest BCUT2D eigenvalue weighted by atomic mass is 79.9. The Morgan fingerprint density at radius 1 is 1.35 bits per heavy atom. The highest BCUT2D eigenvalue weighted by molar-refractivity contribution is 9.10. The van der Waals surface area contributed by atoms with Gasteiger partial charge in [0.2, 0.25) is 0 Å². The van der Waals surface area contributed by atoms with Gasteiger partial charge in [0.25, 0.3) is 0 Å². The minimum atomic E-state index is -0.0332. The van der Waals surface area contributed by atoms with Crippen molar-refractivity contribution in [2.45, 2.75) is 37.3 Å². The molecule has 4 nitrogen and oxygen atoms in total. The van der Waals surface area contributed by atoms with Gasteiger partial charge in [-0.2, -0.15) is 0 Å². The largest absolute Gasteiger partial charge is 0.381 e. The van der Waals surface area contributed by atoms with Gasteiger partial charge in [-0.3, -0.25) is 4.98 Å². The van der Waals surface area contributed by atoms with Crippen molar-refractivity contribution in [2.24, 2.45) is 11.7 Å². The summed E-state index contributed by atoms with van der Waals surface area (Å²) in [5.41, 5.74) is 7.43. The number of pyridine rings is 1. The van der Waals surface area contributed by atoms with Crippen LogP contribution in [0.25, 0.3) is 0 Å². The first kappa shape index (κ1) is 14.4. The van der Waals surface area contributed by atoms with Crippen LogP contribution in [0.15, 0.2) is 22.8 Å². The molecule has 2 unspecified atom stereocenters. The van der Waals surface area contributed by atoms with Gasteiger partial charge in [-0.1, -0.05) is 0 Å². The van der Waals surface area contributed by atoms with Crippen LogP contribution in [0.1, 0.15) is 37.4 Å². The number of nitrogens with zero attached hydrogens (tertiary/aromatic N) is 1. The predicted molar refractivity (Wildman–Crippen MR) is 80.3 cm³/mol. The lowest BCUT2D eigenvalue weighted by atomic mass is 9.77. The predicted octanol–water partition coefficient (Wildman–Crippen LogP) is 2.82. The molecule has 0 amide bonds. The van der Waals surface area contributed by atoms with Crippen LogP contribution in [0.3, 0.4) is 0 Å². The van der Waals surface area contributed by atoms with Crippen molar-refractivity contribution in [2.75, 3.05) is 19.8 Å². The van der Waals surface area contributed by atoms with Gasteiger partial charge in [-0.15, -0.1) is 0 Å². The zero-order valence-electron chi connectivity index (χ0n) is 11.6. The van der Waals surface area contributed by atoms with Gasteiger partial charge in [0.05, 0.1) is 17.3 Å². The Morgan fingerprint density at radius 2 is 2.15 bits per heavy atom. The summed E-state index contributed by atoms with van der Waals surface area (Å²) in [5, 5.41) is 0. The molecule has 2 aliphatic rings. The lowest BCUT2D eigenvalue weighted by Gasteiger charge is -2.44. The van der Waals surface area contributed by atoms with Crippen LogP contribution in [0.2, 0.25) is 0 Å². The van der Waals surface area contributed by atoms with E-state index in [1.54, 1.807) is 0 Å². The fourth-order valence-electron chi connectivity index (χ4n) is 3.33. The van der Waals surface area contributed by atoms with Crippen molar-refractivity contribution in [1.82, 2.24) is 4.98 Å². The standard InChI is InChI=1S/C15H21BrN2O2/c16-12-2-1-6-18-14(12)13(17)11-3-7-20-15(10-11)4-8-19-9-5-15/h1-2,6,11,13H,3-5,7-10,17H2. The lowest BCUT2D eigenvalue weighted by molar-refractivity contribution is -0.149. The lowest BCUT2D eigenvalue weighted by Crippen LogP contribution is -2.46. The molecule has 1 spiro atoms. The second-order valence-corrected chi connectivity index (χ2v) is 6.65. The quantitative estimate of drug-likeness (QED) is 0.899. The molecular weight excluding hydrogens is 320 g/mol. The van der Waals surface area contributed by atoms with Crippen LogP contribution in [-0.2, 0) is 9.47 Å². The average Bonchev–Trinajstić information content (AvgIpc) is 2.48. The number of hydrogen-bond acceptors (Lipinski definition) is 4. The molecule has 0 radical (unpaired) electrons. The number of hydrogen-bond donors (Lipinski definition) is 1. The second kappa shape index (κ2) is 6.10. The van der Waals surface area contributed by atoms with Crippen LogP contribution in [-0.4, -0.2) is 30.4 Å². The van der Waals surface area contributed by atoms with E-state index >= 15 is 0 Å². The molecule has 2 atom stereocenters. The first-order valence-corrected chi connectivity index (χ1v) is 8.07. The molecule has 2 N–H and O–H groups in total. The molecular formula is C15H21BrN2O2. The van der Waals surface area contributed by atoms with Crippen LogP contribution in [0.4, 0.5) is 0 Å². The molecule has 2 saturated heterocycles. The van der Waals surface area contributed by atoms with Gasteiger partial charge < -0.3 is 15.2 Å². The van der Waals surface area contributed by atoms with E-state index in [1.807, 2.05) is 18.3 Å². The third-order valence-electron chi connectivity index (χ3n) is 4.55. The maximum atomic E-state index is 6.48. The Bertz CT molecular complexity index is 457. The van der Waals surface area contributed by atoms with Crippen LogP contribution >= 0.6 is 15.9 Å². The minimum absolute atomic E-state index is 0.0138. The molecule has 3 rings (SSSR count). The summed E-state index contributed by atoms with van der Waals surface area (Å²) in [6, 6.07) is 3.89. The highest BCUT2D eigenvalue weighted by Crippen LogP contribution is 2.41. The van der Waals surface area contributed by atoms with Crippen molar-refractivity contribution in [3.05, 3.63) is 28.5 Å². The second-order valence-electron chi connectivity index (χ2n) is 5.79. The molecule has 0 bridgehead atoms. The molecule has 0 aromatic carbocycles. The van der Waals surface area contributed by atoms with E-state index in [-0.39, 0.29) is 11.6 Å². The maximum Gasteiger partial charge on any atom is 0.0729 e. The summed E-state index contributed by atoms with van der Waals surface area (Å²) in [6.07, 6.45) is 5.80. The van der Waals surface area contributed by atoms with Gasteiger partial charge in [-0.25, -0.2) is 0 Å². The number of ether oxygens (including phenoxy) is 2. The minimum Gasteiger partial charge on any atom is -0.381 e. The Hall–Kier alpha value is -0.490. The van der Waals surface area contributed by atoms with Gasteiger partial charge in [-0.05, 0) is 59.7 Å². The zero-order valence-corrected chi connectivity index (χ0v) is 13.1. The fraction of sp³-hybridized carbons (Fsp3) is 0.667. The van der Waals surface area contributed by atoms with E-state index in [9.17, 15) is 0 Å². The molecule has 5 heteroatoms. The van der Waals surface area contributed by atoms with E-state index in [0.29, 0.717) is 5.92 Å². The Kier molecular flexibility index (Phi) is 4.40. The van der Waals surface area contributed by atoms with Crippen LogP contribution < -0.4 is 5.73 Å². The molecule has 110 valence electrons. The summed E-state index contributed by atoms with van der Waals surface area (Å²) in [6.45, 7) is 2.40. The zero-order chi connectivity index (χ0) is 14.0. The van der Waals surface area contributed by atoms with E-state index in [2.05, 4.69) is 20.9 Å². The van der Waals surface area contributed by atoms with Crippen molar-refractivity contribution in [3.63, 3.8) is 0 Å². The van der Waals surface area contributed by atoms with Crippen molar-refractivity contribution < 1.29 is 9.47 Å². The molecule has 2 fully saturated rings. The normalized spacial score (nSPS) is 27.4. The maximum absolute atomic E-state index is 6.48. The third-order valence-corrected chi connectivity index (χ3v) is 5.22. The Balaban J connectivity index is 1.75. The number of rotatable bonds is 2. The molecule has 0 aliphatic carbocycles. The monoisotopic (exact) mass is 340 g/mol. The number of aromatic nitrogens is 1. The van der Waals surface area contributed by atoms with Gasteiger partial charge in [0.15, 0.2) is 0 Å². The van der Waals surface area contributed by atoms with E-state index in [4.69, 9.17) is 15.2 Å². The van der Waals surface area contributed by atoms with Crippen LogP contribution in [0.5, 0.6) is 0 Å². The van der Waals surface area contributed by atoms with E-state index in [1.165, 1.54) is 0 Å². The summed E-state index contributed by atoms with van der Waals surface area (Å²) in [4.78, 5) is 4.45.